The van der Waals surface area contributed by atoms with Gasteiger partial charge in [0.05, 0.1) is 6.54 Å². The predicted octanol–water partition coefficient (Wildman–Crippen LogP) is -0.317. The molecular weight excluding hydrogens is 302 g/mol. The van der Waals surface area contributed by atoms with Crippen LogP contribution < -0.4 is 0 Å². The Balaban J connectivity index is 1.67. The molecule has 2 aliphatic rings. The van der Waals surface area contributed by atoms with Gasteiger partial charge in [0.2, 0.25) is 11.8 Å². The highest BCUT2D eigenvalue weighted by Crippen LogP contribution is 2.18. The molecule has 0 unspecified atom stereocenters. The van der Waals surface area contributed by atoms with Crippen LogP contribution in [0.4, 0.5) is 0 Å². The smallest absolute Gasteiger partial charge is 0.246 e. The Hall–Kier alpha value is -1.67. The molecule has 1 aromatic rings. The van der Waals surface area contributed by atoms with Crippen LogP contribution in [0.5, 0.6) is 0 Å². The molecule has 0 saturated carbocycles. The number of rotatable bonds is 3. The van der Waals surface area contributed by atoms with E-state index in [-0.39, 0.29) is 24.4 Å². The first-order valence-electron chi connectivity index (χ1n) is 7.20. The molecule has 3 heterocycles. The molecular formula is C14H19N5O2S. The molecule has 0 N–H and O–H groups in total. The van der Waals surface area contributed by atoms with Crippen LogP contribution in [0.3, 0.4) is 0 Å². The van der Waals surface area contributed by atoms with Crippen LogP contribution in [0, 0.1) is 0 Å². The molecule has 0 aromatic carbocycles. The number of likely N-dealkylation sites (N-methyl/N-ethyl adjacent to an activating group) is 1. The van der Waals surface area contributed by atoms with Gasteiger partial charge in [0.1, 0.15) is 6.04 Å². The molecule has 0 spiro atoms. The predicted molar refractivity (Wildman–Crippen MR) is 82.2 cm³/mol. The lowest BCUT2D eigenvalue weighted by Crippen LogP contribution is -2.65. The van der Waals surface area contributed by atoms with Gasteiger partial charge in [-0.3, -0.25) is 14.5 Å². The summed E-state index contributed by atoms with van der Waals surface area (Å²) >= 11 is 1.51. The minimum absolute atomic E-state index is 0.0262. The van der Waals surface area contributed by atoms with Crippen molar-refractivity contribution >= 4 is 23.6 Å². The van der Waals surface area contributed by atoms with E-state index >= 15 is 0 Å². The Morgan fingerprint density at radius 2 is 2.00 bits per heavy atom. The maximum absolute atomic E-state index is 12.3. The zero-order valence-corrected chi connectivity index (χ0v) is 13.5. The van der Waals surface area contributed by atoms with Gasteiger partial charge in [-0.15, -0.1) is 0 Å². The summed E-state index contributed by atoms with van der Waals surface area (Å²) < 4.78 is 0. The number of thioether (sulfide) groups is 1. The van der Waals surface area contributed by atoms with Gasteiger partial charge in [0.25, 0.3) is 0 Å². The number of piperazine rings is 2. The lowest BCUT2D eigenvalue weighted by atomic mass is 10.1. The lowest BCUT2D eigenvalue weighted by Gasteiger charge is -2.45. The van der Waals surface area contributed by atoms with Crippen LogP contribution in [-0.4, -0.2) is 82.0 Å². The first-order valence-corrected chi connectivity index (χ1v) is 8.42. The van der Waals surface area contributed by atoms with E-state index < -0.39 is 0 Å². The van der Waals surface area contributed by atoms with Crippen molar-refractivity contribution in [3.63, 3.8) is 0 Å². The highest BCUT2D eigenvalue weighted by molar-refractivity contribution is 7.98. The number of carbonyl (C=O) groups excluding carboxylic acids is 2. The van der Waals surface area contributed by atoms with E-state index in [1.165, 1.54) is 16.7 Å². The Labute approximate surface area is 133 Å². The van der Waals surface area contributed by atoms with Gasteiger partial charge in [-0.25, -0.2) is 9.97 Å². The van der Waals surface area contributed by atoms with Crippen LogP contribution in [0.2, 0.25) is 0 Å². The minimum atomic E-state index is -0.355. The monoisotopic (exact) mass is 321 g/mol. The summed E-state index contributed by atoms with van der Waals surface area (Å²) in [6.45, 7) is 2.83. The highest BCUT2D eigenvalue weighted by Gasteiger charge is 2.41. The summed E-state index contributed by atoms with van der Waals surface area (Å²) in [6.07, 6.45) is 5.59. The van der Waals surface area contributed by atoms with Crippen LogP contribution in [0.25, 0.3) is 0 Å². The molecule has 1 aromatic heterocycles. The second-order valence-corrected chi connectivity index (χ2v) is 6.38. The van der Waals surface area contributed by atoms with Crippen LogP contribution in [0.15, 0.2) is 17.6 Å². The Morgan fingerprint density at radius 3 is 2.68 bits per heavy atom. The molecule has 2 amide bonds. The van der Waals surface area contributed by atoms with Crippen molar-refractivity contribution in [1.82, 2.24) is 24.7 Å². The SMILES string of the molecule is CSc1ncc(CN2CCN3C(=O)CN(C)C(=O)[C@@H]3C2)cn1. The van der Waals surface area contributed by atoms with Crippen molar-refractivity contribution in [2.24, 2.45) is 0 Å². The third-order valence-electron chi connectivity index (χ3n) is 4.09. The van der Waals surface area contributed by atoms with Gasteiger partial charge in [-0.05, 0) is 6.26 Å². The van der Waals surface area contributed by atoms with E-state index in [2.05, 4.69) is 14.9 Å². The average Bonchev–Trinajstić information content (AvgIpc) is 2.53. The molecule has 0 radical (unpaired) electrons. The lowest BCUT2D eigenvalue weighted by molar-refractivity contribution is -0.158. The van der Waals surface area contributed by atoms with Crippen molar-refractivity contribution in [2.75, 3.05) is 39.5 Å². The Morgan fingerprint density at radius 1 is 1.27 bits per heavy atom. The third kappa shape index (κ3) is 2.93. The van der Waals surface area contributed by atoms with E-state index in [9.17, 15) is 9.59 Å². The molecule has 7 nitrogen and oxygen atoms in total. The maximum atomic E-state index is 12.3. The van der Waals surface area contributed by atoms with E-state index in [0.29, 0.717) is 19.6 Å². The highest BCUT2D eigenvalue weighted by atomic mass is 32.2. The number of amides is 2. The Kier molecular flexibility index (Phi) is 4.30. The number of nitrogens with zero attached hydrogens (tertiary/aromatic N) is 5. The topological polar surface area (TPSA) is 69.6 Å². The molecule has 1 atom stereocenters. The second-order valence-electron chi connectivity index (χ2n) is 5.61. The van der Waals surface area contributed by atoms with E-state index in [1.54, 1.807) is 11.9 Å². The molecule has 2 fully saturated rings. The molecule has 3 rings (SSSR count). The molecule has 0 aliphatic carbocycles. The average molecular weight is 321 g/mol. The summed E-state index contributed by atoms with van der Waals surface area (Å²) in [5, 5.41) is 0.753. The first-order chi connectivity index (χ1) is 10.6. The van der Waals surface area contributed by atoms with Crippen molar-refractivity contribution < 1.29 is 9.59 Å². The number of carbonyl (C=O) groups is 2. The number of hydrogen-bond donors (Lipinski definition) is 0. The summed E-state index contributed by atoms with van der Waals surface area (Å²) in [6, 6.07) is -0.355. The molecule has 118 valence electrons. The van der Waals surface area contributed by atoms with Gasteiger partial charge in [0, 0.05) is 51.2 Å². The number of hydrogen-bond acceptors (Lipinski definition) is 6. The van der Waals surface area contributed by atoms with Crippen LogP contribution in [0.1, 0.15) is 5.56 Å². The summed E-state index contributed by atoms with van der Waals surface area (Å²) in [4.78, 5) is 38.2. The van der Waals surface area contributed by atoms with E-state index in [1.807, 2.05) is 18.6 Å². The fraction of sp³-hybridized carbons (Fsp3) is 0.571. The quantitative estimate of drug-likeness (QED) is 0.561. The largest absolute Gasteiger partial charge is 0.335 e. The number of fused-ring (bicyclic) bond motifs is 1. The maximum Gasteiger partial charge on any atom is 0.246 e. The zero-order valence-electron chi connectivity index (χ0n) is 12.7. The molecule has 0 bridgehead atoms. The summed E-state index contributed by atoms with van der Waals surface area (Å²) in [5.41, 5.74) is 1.02. The third-order valence-corrected chi connectivity index (χ3v) is 4.66. The molecule has 22 heavy (non-hydrogen) atoms. The number of aromatic nitrogens is 2. The van der Waals surface area contributed by atoms with Gasteiger partial charge in [-0.2, -0.15) is 0 Å². The minimum Gasteiger partial charge on any atom is -0.335 e. The van der Waals surface area contributed by atoms with Crippen molar-refractivity contribution in [2.45, 2.75) is 17.7 Å². The van der Waals surface area contributed by atoms with E-state index in [4.69, 9.17) is 0 Å². The normalized spacial score (nSPS) is 22.9. The first kappa shape index (κ1) is 15.2. The van der Waals surface area contributed by atoms with Gasteiger partial charge >= 0.3 is 0 Å². The van der Waals surface area contributed by atoms with Gasteiger partial charge in [0.15, 0.2) is 5.16 Å². The molecule has 8 heteroatoms. The molecule has 2 saturated heterocycles. The van der Waals surface area contributed by atoms with Gasteiger partial charge < -0.3 is 9.80 Å². The summed E-state index contributed by atoms with van der Waals surface area (Å²) in [5.74, 6) is 0.0673. The Bertz CT molecular complexity index is 579. The van der Waals surface area contributed by atoms with Crippen molar-refractivity contribution in [3.8, 4) is 0 Å². The van der Waals surface area contributed by atoms with Crippen LogP contribution >= 0.6 is 11.8 Å². The second kappa shape index (κ2) is 6.21. The standard InChI is InChI=1S/C14H19N5O2S/c1-17-9-12(20)19-4-3-18(8-11(19)13(17)21)7-10-5-15-14(22-2)16-6-10/h5-6,11H,3-4,7-9H2,1-2H3/t11-/m0/s1. The van der Waals surface area contributed by atoms with Crippen molar-refractivity contribution in [1.29, 1.82) is 0 Å². The zero-order chi connectivity index (χ0) is 15.7. The van der Waals surface area contributed by atoms with Crippen molar-refractivity contribution in [3.05, 3.63) is 18.0 Å². The van der Waals surface area contributed by atoms with Gasteiger partial charge in [-0.1, -0.05) is 11.8 Å². The fourth-order valence-electron chi connectivity index (χ4n) is 2.91. The fourth-order valence-corrected chi connectivity index (χ4v) is 3.22. The van der Waals surface area contributed by atoms with Crippen LogP contribution in [-0.2, 0) is 16.1 Å². The summed E-state index contributed by atoms with van der Waals surface area (Å²) in [7, 11) is 1.69. The molecule has 2 aliphatic heterocycles. The van der Waals surface area contributed by atoms with E-state index in [0.717, 1.165) is 17.3 Å².